The van der Waals surface area contributed by atoms with E-state index < -0.39 is 0 Å². The fraction of sp³-hybridized carbons (Fsp3) is 0.125. The number of hydrogen-bond donors (Lipinski definition) is 1. The van der Waals surface area contributed by atoms with E-state index in [1.165, 1.54) is 7.11 Å². The van der Waals surface area contributed by atoms with Crippen molar-refractivity contribution >= 4 is 5.90 Å². The molecule has 3 nitrogen and oxygen atoms in total. The van der Waals surface area contributed by atoms with E-state index in [9.17, 15) is 0 Å². The van der Waals surface area contributed by atoms with Crippen molar-refractivity contribution in [1.29, 1.82) is 0 Å². The largest absolute Gasteiger partial charge is 0.479 e. The number of oxime groups is 1. The highest BCUT2D eigenvalue weighted by Crippen LogP contribution is 2.00. The van der Waals surface area contributed by atoms with Gasteiger partial charge in [0.25, 0.3) is 5.90 Å². The van der Waals surface area contributed by atoms with Gasteiger partial charge in [0.15, 0.2) is 0 Å². The molecule has 0 saturated heterocycles. The SMILES string of the molecule is CO/C(=N/O)c1ccccc1. The lowest BCUT2D eigenvalue weighted by Crippen LogP contribution is -2.02. The Morgan fingerprint density at radius 2 is 2.00 bits per heavy atom. The number of methoxy groups -OCH3 is 1. The number of rotatable bonds is 1. The fourth-order valence-corrected chi connectivity index (χ4v) is 0.797. The standard InChI is InChI=1S/C8H9NO2/c1-11-8(9-10)7-5-3-2-4-6-7/h2-6,10H,1H3/b9-8+. The monoisotopic (exact) mass is 151 g/mol. The van der Waals surface area contributed by atoms with Crippen LogP contribution >= 0.6 is 0 Å². The molecule has 0 amide bonds. The van der Waals surface area contributed by atoms with Gasteiger partial charge in [-0.1, -0.05) is 18.2 Å². The Bertz CT molecular complexity index is 244. The first-order valence-electron chi connectivity index (χ1n) is 3.20. The minimum Gasteiger partial charge on any atom is -0.479 e. The van der Waals surface area contributed by atoms with Crippen molar-refractivity contribution in [3.63, 3.8) is 0 Å². The van der Waals surface area contributed by atoms with Crippen molar-refractivity contribution in [3.05, 3.63) is 35.9 Å². The maximum absolute atomic E-state index is 8.44. The minimum absolute atomic E-state index is 0.227. The molecule has 0 fully saturated rings. The predicted octanol–water partition coefficient (Wildman–Crippen LogP) is 1.47. The molecular formula is C8H9NO2. The lowest BCUT2D eigenvalue weighted by atomic mass is 10.2. The minimum atomic E-state index is 0.227. The average molecular weight is 151 g/mol. The molecule has 58 valence electrons. The molecule has 3 heteroatoms. The van der Waals surface area contributed by atoms with Crippen molar-refractivity contribution in [3.8, 4) is 0 Å². The van der Waals surface area contributed by atoms with E-state index in [4.69, 9.17) is 9.94 Å². The van der Waals surface area contributed by atoms with Crippen LogP contribution < -0.4 is 0 Å². The molecule has 0 radical (unpaired) electrons. The van der Waals surface area contributed by atoms with Gasteiger partial charge in [0.05, 0.1) is 7.11 Å². The highest BCUT2D eigenvalue weighted by molar-refractivity contribution is 5.93. The van der Waals surface area contributed by atoms with Gasteiger partial charge in [0.1, 0.15) is 0 Å². The molecule has 0 bridgehead atoms. The molecule has 1 rings (SSSR count). The first-order chi connectivity index (χ1) is 5.38. The lowest BCUT2D eigenvalue weighted by molar-refractivity contribution is 0.287. The van der Waals surface area contributed by atoms with Crippen molar-refractivity contribution in [2.45, 2.75) is 0 Å². The van der Waals surface area contributed by atoms with Crippen LogP contribution in [0.5, 0.6) is 0 Å². The summed E-state index contributed by atoms with van der Waals surface area (Å²) in [4.78, 5) is 0. The number of ether oxygens (including phenoxy) is 1. The molecule has 1 aromatic carbocycles. The second-order valence-electron chi connectivity index (χ2n) is 1.98. The molecule has 1 aromatic rings. The van der Waals surface area contributed by atoms with Crippen molar-refractivity contribution < 1.29 is 9.94 Å². The fourth-order valence-electron chi connectivity index (χ4n) is 0.797. The van der Waals surface area contributed by atoms with Crippen LogP contribution in [0.1, 0.15) is 5.56 Å². The summed E-state index contributed by atoms with van der Waals surface area (Å²) in [5.41, 5.74) is 0.762. The van der Waals surface area contributed by atoms with Gasteiger partial charge in [-0.05, 0) is 17.3 Å². The van der Waals surface area contributed by atoms with Crippen LogP contribution in [0.3, 0.4) is 0 Å². The van der Waals surface area contributed by atoms with Crippen LogP contribution in [0, 0.1) is 0 Å². The van der Waals surface area contributed by atoms with Crippen molar-refractivity contribution in [1.82, 2.24) is 0 Å². The van der Waals surface area contributed by atoms with Crippen molar-refractivity contribution in [2.24, 2.45) is 5.16 Å². The summed E-state index contributed by atoms with van der Waals surface area (Å²) in [7, 11) is 1.46. The molecule has 0 saturated carbocycles. The lowest BCUT2D eigenvalue weighted by Gasteiger charge is -2.00. The second kappa shape index (κ2) is 3.61. The Labute approximate surface area is 64.9 Å². The zero-order valence-corrected chi connectivity index (χ0v) is 6.19. The Morgan fingerprint density at radius 1 is 1.36 bits per heavy atom. The molecule has 11 heavy (non-hydrogen) atoms. The first kappa shape index (κ1) is 7.60. The maximum Gasteiger partial charge on any atom is 0.257 e. The van der Waals surface area contributed by atoms with E-state index in [-0.39, 0.29) is 5.90 Å². The van der Waals surface area contributed by atoms with E-state index in [0.717, 1.165) is 5.56 Å². The average Bonchev–Trinajstić information content (AvgIpc) is 2.09. The normalized spacial score (nSPS) is 11.2. The van der Waals surface area contributed by atoms with E-state index in [1.807, 2.05) is 18.2 Å². The second-order valence-corrected chi connectivity index (χ2v) is 1.98. The predicted molar refractivity (Wildman–Crippen MR) is 41.8 cm³/mol. The zero-order valence-electron chi connectivity index (χ0n) is 6.19. The third kappa shape index (κ3) is 1.70. The van der Waals surface area contributed by atoms with E-state index in [1.54, 1.807) is 12.1 Å². The smallest absolute Gasteiger partial charge is 0.257 e. The molecule has 0 spiro atoms. The summed E-state index contributed by atoms with van der Waals surface area (Å²) < 4.78 is 4.79. The summed E-state index contributed by atoms with van der Waals surface area (Å²) in [6.07, 6.45) is 0. The highest BCUT2D eigenvalue weighted by atomic mass is 16.5. The van der Waals surface area contributed by atoms with E-state index in [0.29, 0.717) is 0 Å². The van der Waals surface area contributed by atoms with Crippen LogP contribution in [0.2, 0.25) is 0 Å². The molecule has 0 heterocycles. The first-order valence-corrected chi connectivity index (χ1v) is 3.20. The van der Waals surface area contributed by atoms with Gasteiger partial charge >= 0.3 is 0 Å². The topological polar surface area (TPSA) is 41.8 Å². The summed E-state index contributed by atoms with van der Waals surface area (Å²) in [5, 5.41) is 11.4. The summed E-state index contributed by atoms with van der Waals surface area (Å²) in [5.74, 6) is 0.227. The molecule has 0 aromatic heterocycles. The molecule has 1 N–H and O–H groups in total. The van der Waals surface area contributed by atoms with Crippen LogP contribution in [0.15, 0.2) is 35.5 Å². The van der Waals surface area contributed by atoms with Gasteiger partial charge in [0.2, 0.25) is 0 Å². The van der Waals surface area contributed by atoms with Crippen molar-refractivity contribution in [2.75, 3.05) is 7.11 Å². The number of hydrogen-bond acceptors (Lipinski definition) is 3. The third-order valence-corrected chi connectivity index (χ3v) is 1.30. The molecule has 0 aliphatic heterocycles. The molecule has 0 aliphatic rings. The quantitative estimate of drug-likeness (QED) is 0.286. The summed E-state index contributed by atoms with van der Waals surface area (Å²) in [6.45, 7) is 0. The van der Waals surface area contributed by atoms with E-state index in [2.05, 4.69) is 5.16 Å². The van der Waals surface area contributed by atoms with Gasteiger partial charge in [-0.3, -0.25) is 0 Å². The number of benzene rings is 1. The van der Waals surface area contributed by atoms with E-state index >= 15 is 0 Å². The molecule has 0 unspecified atom stereocenters. The summed E-state index contributed by atoms with van der Waals surface area (Å²) in [6, 6.07) is 9.18. The van der Waals surface area contributed by atoms with Crippen LogP contribution in [-0.2, 0) is 4.74 Å². The molecular weight excluding hydrogens is 142 g/mol. The van der Waals surface area contributed by atoms with Gasteiger partial charge in [-0.25, -0.2) is 0 Å². The van der Waals surface area contributed by atoms with Gasteiger partial charge in [-0.15, -0.1) is 0 Å². The van der Waals surface area contributed by atoms with Crippen LogP contribution in [0.4, 0.5) is 0 Å². The van der Waals surface area contributed by atoms with Crippen LogP contribution in [-0.4, -0.2) is 18.2 Å². The molecule has 0 atom stereocenters. The third-order valence-electron chi connectivity index (χ3n) is 1.30. The Hall–Kier alpha value is -1.51. The van der Waals surface area contributed by atoms with Crippen LogP contribution in [0.25, 0.3) is 0 Å². The maximum atomic E-state index is 8.44. The van der Waals surface area contributed by atoms with Gasteiger partial charge in [-0.2, -0.15) is 0 Å². The highest BCUT2D eigenvalue weighted by Gasteiger charge is 2.00. The Kier molecular flexibility index (Phi) is 2.49. The number of nitrogens with zero attached hydrogens (tertiary/aromatic N) is 1. The Morgan fingerprint density at radius 3 is 2.45 bits per heavy atom. The Balaban J connectivity index is 2.92. The zero-order chi connectivity index (χ0) is 8.10. The van der Waals surface area contributed by atoms with Gasteiger partial charge in [0, 0.05) is 5.56 Å². The molecule has 0 aliphatic carbocycles. The summed E-state index contributed by atoms with van der Waals surface area (Å²) >= 11 is 0. The van der Waals surface area contributed by atoms with Gasteiger partial charge < -0.3 is 9.94 Å².